The van der Waals surface area contributed by atoms with Crippen molar-refractivity contribution in [2.75, 3.05) is 6.54 Å². The summed E-state index contributed by atoms with van der Waals surface area (Å²) in [5, 5.41) is 27.6. The van der Waals surface area contributed by atoms with E-state index < -0.39 is 69.6 Å². The van der Waals surface area contributed by atoms with E-state index in [0.29, 0.717) is 12.8 Å². The lowest BCUT2D eigenvalue weighted by molar-refractivity contribution is -0.370. The molecule has 0 aromatic rings. The molecule has 0 aromatic heterocycles. The standard InChI is InChI=1S/C28H45NO8/c1-11-25(8)14-17(31)28(34)26(9)18(36-19(32)15-29-23(3,4)5)12-13-24(6,7)21(26)20(33)22(35-16(2)30)27(28,10)37-25/h11,18,20-22,29,33-34H,1,12-15H2,2-10H3/t18-,20-,21-,22-,25-,26-,27+,28-/m0/s1. The second-order valence-electron chi connectivity index (χ2n) is 13.4. The molecule has 3 fully saturated rings. The number of ketones is 1. The molecule has 37 heavy (non-hydrogen) atoms. The van der Waals surface area contributed by atoms with Gasteiger partial charge in [0, 0.05) is 30.2 Å². The molecule has 8 atom stereocenters. The monoisotopic (exact) mass is 523 g/mol. The first-order chi connectivity index (χ1) is 16.7. The normalized spacial score (nSPS) is 43.3. The van der Waals surface area contributed by atoms with Crippen LogP contribution in [0.15, 0.2) is 12.7 Å². The molecule has 3 rings (SSSR count). The first-order valence-corrected chi connectivity index (χ1v) is 13.1. The van der Waals surface area contributed by atoms with Crippen LogP contribution in [0, 0.1) is 16.7 Å². The zero-order chi connectivity index (χ0) is 28.4. The number of hydrogen-bond acceptors (Lipinski definition) is 9. The minimum atomic E-state index is -2.26. The molecule has 0 unspecified atom stereocenters. The molecule has 0 radical (unpaired) electrons. The fourth-order valence-electron chi connectivity index (χ4n) is 7.36. The molecule has 9 heteroatoms. The van der Waals surface area contributed by atoms with Crippen molar-refractivity contribution in [1.29, 1.82) is 0 Å². The Hall–Kier alpha value is -1.81. The highest BCUT2D eigenvalue weighted by Crippen LogP contribution is 2.67. The van der Waals surface area contributed by atoms with Crippen LogP contribution < -0.4 is 5.32 Å². The van der Waals surface area contributed by atoms with Crippen LogP contribution in [0.3, 0.4) is 0 Å². The van der Waals surface area contributed by atoms with Crippen molar-refractivity contribution in [1.82, 2.24) is 5.32 Å². The number of carbonyl (C=O) groups is 3. The Morgan fingerprint density at radius 1 is 1.19 bits per heavy atom. The van der Waals surface area contributed by atoms with Gasteiger partial charge in [0.1, 0.15) is 11.7 Å². The molecule has 2 aliphatic carbocycles. The Kier molecular flexibility index (Phi) is 7.35. The maximum absolute atomic E-state index is 14.1. The van der Waals surface area contributed by atoms with Gasteiger partial charge in [-0.2, -0.15) is 0 Å². The van der Waals surface area contributed by atoms with Crippen LogP contribution in [-0.4, -0.2) is 75.1 Å². The predicted molar refractivity (Wildman–Crippen MR) is 136 cm³/mol. The van der Waals surface area contributed by atoms with Crippen molar-refractivity contribution >= 4 is 17.7 Å². The Bertz CT molecular complexity index is 972. The van der Waals surface area contributed by atoms with E-state index in [9.17, 15) is 24.6 Å². The Morgan fingerprint density at radius 2 is 1.78 bits per heavy atom. The van der Waals surface area contributed by atoms with Gasteiger partial charge in [-0.3, -0.25) is 14.4 Å². The third-order valence-corrected chi connectivity index (χ3v) is 9.02. The van der Waals surface area contributed by atoms with Crippen molar-refractivity contribution in [2.24, 2.45) is 16.7 Å². The highest BCUT2D eigenvalue weighted by atomic mass is 16.6. The van der Waals surface area contributed by atoms with E-state index in [1.807, 2.05) is 34.6 Å². The van der Waals surface area contributed by atoms with Crippen LogP contribution >= 0.6 is 0 Å². The first kappa shape index (κ1) is 29.7. The smallest absolute Gasteiger partial charge is 0.320 e. The predicted octanol–water partition coefficient (Wildman–Crippen LogP) is 2.46. The summed E-state index contributed by atoms with van der Waals surface area (Å²) >= 11 is 0. The molecule has 1 aliphatic heterocycles. The molecule has 1 heterocycles. The number of esters is 2. The van der Waals surface area contributed by atoms with E-state index in [2.05, 4.69) is 11.9 Å². The lowest BCUT2D eigenvalue weighted by Crippen LogP contribution is -2.87. The van der Waals surface area contributed by atoms with Crippen molar-refractivity contribution < 1.29 is 38.8 Å². The van der Waals surface area contributed by atoms with E-state index in [0.717, 1.165) is 0 Å². The average molecular weight is 524 g/mol. The largest absolute Gasteiger partial charge is 0.461 e. The van der Waals surface area contributed by atoms with E-state index in [4.69, 9.17) is 14.2 Å². The molecular weight excluding hydrogens is 478 g/mol. The third-order valence-electron chi connectivity index (χ3n) is 9.02. The van der Waals surface area contributed by atoms with Gasteiger partial charge in [0.25, 0.3) is 0 Å². The molecule has 210 valence electrons. The maximum atomic E-state index is 14.1. The number of aliphatic hydroxyl groups excluding tert-OH is 1. The number of rotatable bonds is 5. The molecule has 2 saturated carbocycles. The quantitative estimate of drug-likeness (QED) is 0.367. The van der Waals surface area contributed by atoms with Gasteiger partial charge in [0.15, 0.2) is 17.5 Å². The van der Waals surface area contributed by atoms with Crippen LogP contribution in [0.1, 0.15) is 81.6 Å². The van der Waals surface area contributed by atoms with E-state index in [1.54, 1.807) is 13.8 Å². The number of fused-ring (bicyclic) bond motifs is 3. The highest BCUT2D eigenvalue weighted by molar-refractivity contribution is 5.92. The zero-order valence-electron chi connectivity index (χ0n) is 23.8. The van der Waals surface area contributed by atoms with Crippen LogP contribution in [0.5, 0.6) is 0 Å². The number of aliphatic hydroxyl groups is 2. The molecule has 3 aliphatic rings. The summed E-state index contributed by atoms with van der Waals surface area (Å²) in [4.78, 5) is 39.3. The highest BCUT2D eigenvalue weighted by Gasteiger charge is 2.82. The van der Waals surface area contributed by atoms with Crippen LogP contribution in [-0.2, 0) is 28.6 Å². The summed E-state index contributed by atoms with van der Waals surface area (Å²) < 4.78 is 18.0. The lowest BCUT2D eigenvalue weighted by Gasteiger charge is -2.71. The van der Waals surface area contributed by atoms with Crippen LogP contribution in [0.2, 0.25) is 0 Å². The summed E-state index contributed by atoms with van der Waals surface area (Å²) in [6, 6.07) is 0. The van der Waals surface area contributed by atoms with Gasteiger partial charge >= 0.3 is 11.9 Å². The Morgan fingerprint density at radius 3 is 2.30 bits per heavy atom. The molecule has 1 saturated heterocycles. The third kappa shape index (κ3) is 4.56. The number of Topliss-reactive ketones (excluding diaryl/α,β-unsaturated/α-hetero) is 1. The maximum Gasteiger partial charge on any atom is 0.320 e. The summed E-state index contributed by atoms with van der Waals surface area (Å²) in [6.45, 7) is 19.5. The molecule has 3 N–H and O–H groups in total. The van der Waals surface area contributed by atoms with Crippen LogP contribution in [0.4, 0.5) is 0 Å². The van der Waals surface area contributed by atoms with Gasteiger partial charge in [0.05, 0.1) is 18.2 Å². The molecule has 0 spiro atoms. The van der Waals surface area contributed by atoms with Gasteiger partial charge in [0.2, 0.25) is 0 Å². The van der Waals surface area contributed by atoms with E-state index in [1.165, 1.54) is 19.9 Å². The van der Waals surface area contributed by atoms with Crippen molar-refractivity contribution in [3.8, 4) is 0 Å². The van der Waals surface area contributed by atoms with Crippen molar-refractivity contribution in [3.05, 3.63) is 12.7 Å². The van der Waals surface area contributed by atoms with Gasteiger partial charge in [-0.25, -0.2) is 0 Å². The number of ether oxygens (including phenoxy) is 3. The van der Waals surface area contributed by atoms with E-state index in [-0.39, 0.29) is 18.5 Å². The molecular formula is C28H45NO8. The van der Waals surface area contributed by atoms with E-state index >= 15 is 0 Å². The topological polar surface area (TPSA) is 131 Å². The average Bonchev–Trinajstić information content (AvgIpc) is 2.74. The first-order valence-electron chi connectivity index (χ1n) is 13.1. The fourth-order valence-corrected chi connectivity index (χ4v) is 7.36. The second-order valence-corrected chi connectivity index (χ2v) is 13.4. The Balaban J connectivity index is 2.21. The molecule has 9 nitrogen and oxygen atoms in total. The molecule has 0 bridgehead atoms. The van der Waals surface area contributed by atoms with Gasteiger partial charge in [-0.1, -0.05) is 26.8 Å². The second kappa shape index (κ2) is 9.14. The molecule has 0 aromatic carbocycles. The summed E-state index contributed by atoms with van der Waals surface area (Å²) in [6.07, 6.45) is -1.36. The van der Waals surface area contributed by atoms with Crippen molar-refractivity contribution in [2.45, 2.75) is 122 Å². The summed E-state index contributed by atoms with van der Waals surface area (Å²) in [5.74, 6) is -2.51. The van der Waals surface area contributed by atoms with Crippen LogP contribution in [0.25, 0.3) is 0 Å². The zero-order valence-corrected chi connectivity index (χ0v) is 23.8. The summed E-state index contributed by atoms with van der Waals surface area (Å²) in [7, 11) is 0. The van der Waals surface area contributed by atoms with Crippen molar-refractivity contribution in [3.63, 3.8) is 0 Å². The number of hydrogen-bond donors (Lipinski definition) is 3. The number of carbonyl (C=O) groups excluding carboxylic acids is 3. The van der Waals surface area contributed by atoms with Gasteiger partial charge < -0.3 is 29.7 Å². The fraction of sp³-hybridized carbons (Fsp3) is 0.821. The lowest BCUT2D eigenvalue weighted by atomic mass is 9.39. The van der Waals surface area contributed by atoms with Gasteiger partial charge in [-0.15, -0.1) is 6.58 Å². The minimum Gasteiger partial charge on any atom is -0.461 e. The summed E-state index contributed by atoms with van der Waals surface area (Å²) in [5.41, 5.74) is -7.67. The minimum absolute atomic E-state index is 0.0581. The van der Waals surface area contributed by atoms with Gasteiger partial charge in [-0.05, 0) is 52.9 Å². The SMILES string of the molecule is C=C[C@@]1(C)CC(=O)[C@]2(O)[C@@]3(C)[C@@H](OC(=O)CNC(C)(C)C)CCC(C)(C)[C@@H]3[C@H](O)[C@H](OC(C)=O)[C@@]2(C)O1. The Labute approximate surface area is 220 Å². The molecule has 0 amide bonds. The number of nitrogens with one attached hydrogen (secondary N) is 1.